The van der Waals surface area contributed by atoms with Crippen molar-refractivity contribution in [2.45, 2.75) is 131 Å². The Bertz CT molecular complexity index is 727. The number of likely N-dealkylation sites (tertiary alicyclic amines) is 4. The Morgan fingerprint density at radius 1 is 0.732 bits per heavy atom. The van der Waals surface area contributed by atoms with Gasteiger partial charge < -0.3 is 15.1 Å². The van der Waals surface area contributed by atoms with Gasteiger partial charge in [-0.1, -0.05) is 14.9 Å². The van der Waals surface area contributed by atoms with Gasteiger partial charge in [0, 0.05) is 61.4 Å². The zero-order chi connectivity index (χ0) is 28.6. The second kappa shape index (κ2) is 16.9. The molecule has 0 N–H and O–H groups in total. The summed E-state index contributed by atoms with van der Waals surface area (Å²) >= 11 is 0. The third-order valence-corrected chi connectivity index (χ3v) is 9.98. The van der Waals surface area contributed by atoms with Crippen molar-refractivity contribution >= 4 is 0 Å². The molecule has 0 aromatic carbocycles. The minimum atomic E-state index is 0. The predicted molar refractivity (Wildman–Crippen MR) is 179 cm³/mol. The number of nitrogens with zero attached hydrogens (tertiary/aromatic N) is 6. The maximum atomic E-state index is 4.37. The maximum Gasteiger partial charge on any atom is 1.00 e. The molecule has 4 heterocycles. The molecule has 0 aromatic heterocycles. The fourth-order valence-electron chi connectivity index (χ4n) is 7.48. The first kappa shape index (κ1) is 42.6. The molecule has 5 rings (SSSR count). The minimum Gasteiger partial charge on any atom is -0.662 e. The zero-order valence-corrected chi connectivity index (χ0v) is 33.6. The van der Waals surface area contributed by atoms with Crippen LogP contribution in [-0.2, 0) is 0 Å². The molecule has 7 heteroatoms. The normalized spacial score (nSPS) is 32.0. The number of hydrogen-bond acceptors (Lipinski definition) is 5. The quantitative estimate of drug-likeness (QED) is 0.468. The Morgan fingerprint density at radius 2 is 1.24 bits per heavy atom. The molecular weight excluding hydrogens is 578 g/mol. The molecule has 240 valence electrons. The van der Waals surface area contributed by atoms with Gasteiger partial charge in [-0.15, -0.1) is 6.04 Å². The summed E-state index contributed by atoms with van der Waals surface area (Å²) in [6.07, 6.45) is 4.15. The van der Waals surface area contributed by atoms with E-state index in [0.29, 0.717) is 22.7 Å². The van der Waals surface area contributed by atoms with Crippen LogP contribution in [0.2, 0.25) is 0 Å². The number of hydrogen-bond donors (Lipinski definition) is 0. The second-order valence-corrected chi connectivity index (χ2v) is 16.2. The van der Waals surface area contributed by atoms with Crippen LogP contribution < -0.4 is 58.2 Å². The van der Waals surface area contributed by atoms with Gasteiger partial charge in [0.2, 0.25) is 0 Å². The van der Waals surface area contributed by atoms with Gasteiger partial charge in [-0.05, 0) is 134 Å². The van der Waals surface area contributed by atoms with E-state index in [-0.39, 0.29) is 73.0 Å². The van der Waals surface area contributed by atoms with Gasteiger partial charge in [0.05, 0.1) is 0 Å². The van der Waals surface area contributed by atoms with Crippen LogP contribution in [0, 0.1) is 17.8 Å². The first-order valence-corrected chi connectivity index (χ1v) is 15.6. The van der Waals surface area contributed by atoms with Crippen molar-refractivity contribution < 1.29 is 58.2 Å². The monoisotopic (exact) mass is 651 g/mol. The van der Waals surface area contributed by atoms with Gasteiger partial charge in [-0.2, -0.15) is 7.05 Å². The first-order valence-electron chi connectivity index (χ1n) is 15.6. The summed E-state index contributed by atoms with van der Waals surface area (Å²) in [5, 5.41) is 4.37. The topological polar surface area (TPSA) is 30.3 Å². The van der Waals surface area contributed by atoms with E-state index >= 15 is 0 Å². The van der Waals surface area contributed by atoms with E-state index < -0.39 is 0 Å². The molecule has 0 aromatic rings. The van der Waals surface area contributed by atoms with E-state index in [2.05, 4.69) is 113 Å². The van der Waals surface area contributed by atoms with Crippen molar-refractivity contribution in [1.82, 2.24) is 24.5 Å². The van der Waals surface area contributed by atoms with Crippen molar-refractivity contribution in [3.8, 4) is 0 Å². The molecule has 5 aliphatic rings. The Labute approximate surface area is 307 Å². The van der Waals surface area contributed by atoms with Crippen molar-refractivity contribution in [2.75, 3.05) is 74.0 Å². The standard InChI is InChI=1S/C11H22N2.C11H24N2.C10H19N2.2CH4.Rb/c1-11(2,3)13-7-9-5-6-12(4)10(9)8-13;1-11(2,3)13-8-6-7-10(13)9-12(4)5;1-10(2,3)12-5-7-8(6-12)9(7)11-4;;;/h9-10H,5-8H2,1-4H3;10H,6-9H2,1-5H3;7-9H,5-6H2,1-4H3;2*1H4;/q;;-1;;;+1. The minimum absolute atomic E-state index is 0. The average Bonchev–Trinajstić information content (AvgIpc) is 3.33. The van der Waals surface area contributed by atoms with E-state index in [0.717, 1.165) is 29.8 Å². The van der Waals surface area contributed by atoms with Crippen LogP contribution >= 0.6 is 0 Å². The Hall–Kier alpha value is 1.57. The molecule has 5 atom stereocenters. The summed E-state index contributed by atoms with van der Waals surface area (Å²) < 4.78 is 0. The number of fused-ring (bicyclic) bond motifs is 2. The van der Waals surface area contributed by atoms with E-state index in [4.69, 9.17) is 0 Å². The Morgan fingerprint density at radius 3 is 1.66 bits per heavy atom. The van der Waals surface area contributed by atoms with Crippen LogP contribution in [0.25, 0.3) is 5.32 Å². The average molecular weight is 651 g/mol. The van der Waals surface area contributed by atoms with Gasteiger partial charge in [-0.25, -0.2) is 0 Å². The smallest absolute Gasteiger partial charge is 0.662 e. The summed E-state index contributed by atoms with van der Waals surface area (Å²) in [7, 11) is 8.57. The van der Waals surface area contributed by atoms with Crippen LogP contribution in [0.5, 0.6) is 0 Å². The third kappa shape index (κ3) is 11.7. The van der Waals surface area contributed by atoms with E-state index in [1.165, 1.54) is 65.1 Å². The number of likely N-dealkylation sites (N-methyl/N-ethyl adjacent to an activating group) is 2. The SMILES string of the molecule is C.C.CN(C)CC1CCCN1C(C)(C)C.CN1CCC2CN(C(C)(C)C)CC21.C[N-]C1C2CN(C(C)(C)C)CC21.[Rb+]. The van der Waals surface area contributed by atoms with Crippen molar-refractivity contribution in [1.29, 1.82) is 0 Å². The van der Waals surface area contributed by atoms with Crippen LogP contribution in [0.1, 0.15) is 96.4 Å². The Balaban J connectivity index is 0.000000565. The molecule has 0 spiro atoms. The summed E-state index contributed by atoms with van der Waals surface area (Å²) in [6, 6.07) is 2.33. The van der Waals surface area contributed by atoms with Crippen LogP contribution in [0.3, 0.4) is 0 Å². The molecule has 1 saturated carbocycles. The van der Waals surface area contributed by atoms with E-state index in [1.807, 2.05) is 7.05 Å². The zero-order valence-electron chi connectivity index (χ0n) is 28.7. The van der Waals surface area contributed by atoms with Crippen molar-refractivity contribution in [3.05, 3.63) is 5.32 Å². The van der Waals surface area contributed by atoms with Gasteiger partial charge in [0.15, 0.2) is 0 Å². The molecule has 4 aliphatic heterocycles. The molecule has 5 fully saturated rings. The van der Waals surface area contributed by atoms with E-state index in [9.17, 15) is 0 Å². The third-order valence-electron chi connectivity index (χ3n) is 9.98. The second-order valence-electron chi connectivity index (χ2n) is 16.2. The predicted octanol–water partition coefficient (Wildman–Crippen LogP) is 3.23. The molecule has 41 heavy (non-hydrogen) atoms. The van der Waals surface area contributed by atoms with Gasteiger partial charge in [0.1, 0.15) is 0 Å². The molecule has 0 bridgehead atoms. The summed E-state index contributed by atoms with van der Waals surface area (Å²) in [5.41, 5.74) is 1.08. The number of rotatable bonds is 3. The van der Waals surface area contributed by atoms with Gasteiger partial charge in [-0.3, -0.25) is 14.7 Å². The fourth-order valence-corrected chi connectivity index (χ4v) is 7.48. The first-order chi connectivity index (χ1) is 17.4. The van der Waals surface area contributed by atoms with Gasteiger partial charge in [0.25, 0.3) is 0 Å². The molecular formula is C34H73N6Rb. The Kier molecular flexibility index (Phi) is 17.6. The fraction of sp³-hybridized carbons (Fsp3) is 1.00. The molecule has 4 saturated heterocycles. The van der Waals surface area contributed by atoms with E-state index in [1.54, 1.807) is 0 Å². The van der Waals surface area contributed by atoms with Crippen LogP contribution in [-0.4, -0.2) is 133 Å². The number of piperidine rings is 1. The molecule has 0 amide bonds. The molecule has 0 radical (unpaired) electrons. The van der Waals surface area contributed by atoms with Crippen LogP contribution in [0.15, 0.2) is 0 Å². The van der Waals surface area contributed by atoms with Crippen molar-refractivity contribution in [3.63, 3.8) is 0 Å². The van der Waals surface area contributed by atoms with Crippen LogP contribution in [0.4, 0.5) is 0 Å². The summed E-state index contributed by atoms with van der Waals surface area (Å²) in [4.78, 5) is 12.7. The molecule has 5 unspecified atom stereocenters. The maximum absolute atomic E-state index is 4.37. The molecule has 1 aliphatic carbocycles. The largest absolute Gasteiger partial charge is 1.00 e. The van der Waals surface area contributed by atoms with Gasteiger partial charge >= 0.3 is 58.2 Å². The summed E-state index contributed by atoms with van der Waals surface area (Å²) in [5.74, 6) is 2.74. The molecule has 6 nitrogen and oxygen atoms in total. The van der Waals surface area contributed by atoms with Crippen molar-refractivity contribution in [2.24, 2.45) is 17.8 Å². The summed E-state index contributed by atoms with van der Waals surface area (Å²) in [6.45, 7) is 29.8.